The van der Waals surface area contributed by atoms with Crippen LogP contribution in [0.3, 0.4) is 0 Å². The van der Waals surface area contributed by atoms with Crippen LogP contribution < -0.4 is 10.6 Å². The summed E-state index contributed by atoms with van der Waals surface area (Å²) in [4.78, 5) is 36.5. The standard InChI is InChI=1S/C26H26N4O5/c1-3-4-13-21(25(32)33)27-24(31)22-14-23(29-30(22)2)28-26(34)35-15-20-18-11-7-5-9-16(18)17-10-6-8-12-19(17)20/h3,5-12,14,20-21H,1,4,13,15H2,2H3,(H,27,31)(H,32,33)(H,28,29,34). The molecule has 1 heterocycles. The molecule has 0 spiro atoms. The Bertz CT molecular complexity index is 1240. The largest absolute Gasteiger partial charge is 0.480 e. The number of carboxylic acid groups (broad SMARTS) is 1. The van der Waals surface area contributed by atoms with E-state index < -0.39 is 24.0 Å². The highest BCUT2D eigenvalue weighted by atomic mass is 16.5. The number of rotatable bonds is 9. The van der Waals surface area contributed by atoms with Crippen molar-refractivity contribution in [2.75, 3.05) is 11.9 Å². The summed E-state index contributed by atoms with van der Waals surface area (Å²) in [5.41, 5.74) is 4.56. The van der Waals surface area contributed by atoms with Gasteiger partial charge >= 0.3 is 12.1 Å². The Kier molecular flexibility index (Phi) is 6.96. The molecule has 3 aromatic rings. The maximum Gasteiger partial charge on any atom is 0.412 e. The van der Waals surface area contributed by atoms with Crippen LogP contribution in [0.2, 0.25) is 0 Å². The van der Waals surface area contributed by atoms with Crippen LogP contribution in [0.4, 0.5) is 10.6 Å². The van der Waals surface area contributed by atoms with E-state index in [1.807, 2.05) is 36.4 Å². The SMILES string of the molecule is C=CCCC(NC(=O)c1cc(NC(=O)OCC2c3ccccc3-c3ccccc32)nn1C)C(=O)O. The number of anilines is 1. The number of nitrogens with one attached hydrogen (secondary N) is 2. The third-order valence-corrected chi connectivity index (χ3v) is 5.95. The molecule has 1 aromatic heterocycles. The van der Waals surface area contributed by atoms with Crippen LogP contribution in [-0.2, 0) is 16.6 Å². The summed E-state index contributed by atoms with van der Waals surface area (Å²) in [6, 6.07) is 16.4. The first-order valence-electron chi connectivity index (χ1n) is 11.2. The molecule has 9 nitrogen and oxygen atoms in total. The van der Waals surface area contributed by atoms with Crippen molar-refractivity contribution in [3.8, 4) is 11.1 Å². The quantitative estimate of drug-likeness (QED) is 0.404. The molecule has 1 unspecified atom stereocenters. The lowest BCUT2D eigenvalue weighted by Gasteiger charge is -2.14. The molecule has 0 saturated heterocycles. The number of hydrogen-bond donors (Lipinski definition) is 3. The fourth-order valence-corrected chi connectivity index (χ4v) is 4.25. The molecule has 9 heteroatoms. The number of fused-ring (bicyclic) bond motifs is 3. The summed E-state index contributed by atoms with van der Waals surface area (Å²) in [5.74, 6) is -1.72. The Labute approximate surface area is 202 Å². The van der Waals surface area contributed by atoms with Crippen molar-refractivity contribution < 1.29 is 24.2 Å². The monoisotopic (exact) mass is 474 g/mol. The summed E-state index contributed by atoms with van der Waals surface area (Å²) >= 11 is 0. The molecule has 0 aliphatic heterocycles. The van der Waals surface area contributed by atoms with Gasteiger partial charge in [0.1, 0.15) is 18.3 Å². The predicted molar refractivity (Wildman–Crippen MR) is 130 cm³/mol. The summed E-state index contributed by atoms with van der Waals surface area (Å²) in [6.45, 7) is 3.71. The molecule has 2 aromatic carbocycles. The molecule has 35 heavy (non-hydrogen) atoms. The van der Waals surface area contributed by atoms with Crippen molar-refractivity contribution in [2.24, 2.45) is 7.05 Å². The minimum atomic E-state index is -1.14. The molecule has 1 atom stereocenters. The topological polar surface area (TPSA) is 123 Å². The van der Waals surface area contributed by atoms with Crippen LogP contribution >= 0.6 is 0 Å². The Hall–Kier alpha value is -4.40. The molecule has 0 bridgehead atoms. The number of amides is 2. The Morgan fingerprint density at radius 3 is 2.37 bits per heavy atom. The highest BCUT2D eigenvalue weighted by molar-refractivity contribution is 5.96. The Balaban J connectivity index is 1.39. The van der Waals surface area contributed by atoms with Crippen molar-refractivity contribution in [1.29, 1.82) is 0 Å². The number of aromatic nitrogens is 2. The molecule has 1 aliphatic rings. The fraction of sp³-hybridized carbons (Fsp3) is 0.231. The van der Waals surface area contributed by atoms with E-state index in [-0.39, 0.29) is 30.5 Å². The number of ether oxygens (including phenoxy) is 1. The van der Waals surface area contributed by atoms with E-state index in [1.54, 1.807) is 6.08 Å². The number of benzene rings is 2. The normalized spacial score (nSPS) is 12.8. The second-order valence-corrected chi connectivity index (χ2v) is 8.22. The zero-order valence-electron chi connectivity index (χ0n) is 19.2. The number of aryl methyl sites for hydroxylation is 1. The first-order chi connectivity index (χ1) is 16.9. The van der Waals surface area contributed by atoms with Crippen molar-refractivity contribution in [3.05, 3.63) is 84.1 Å². The van der Waals surface area contributed by atoms with Gasteiger partial charge in [0.25, 0.3) is 5.91 Å². The Morgan fingerprint density at radius 1 is 1.14 bits per heavy atom. The van der Waals surface area contributed by atoms with Gasteiger partial charge in [-0.15, -0.1) is 6.58 Å². The summed E-state index contributed by atoms with van der Waals surface area (Å²) in [5, 5.41) is 18.4. The summed E-state index contributed by atoms with van der Waals surface area (Å²) in [6.07, 6.45) is 1.54. The molecular formula is C26H26N4O5. The van der Waals surface area contributed by atoms with Crippen LogP contribution in [0.5, 0.6) is 0 Å². The molecule has 180 valence electrons. The molecule has 0 saturated carbocycles. The number of aliphatic carboxylic acids is 1. The zero-order chi connectivity index (χ0) is 24.9. The van der Waals surface area contributed by atoms with Gasteiger partial charge < -0.3 is 15.2 Å². The maximum atomic E-state index is 12.6. The van der Waals surface area contributed by atoms with E-state index in [0.717, 1.165) is 22.3 Å². The van der Waals surface area contributed by atoms with Gasteiger partial charge in [-0.25, -0.2) is 9.59 Å². The smallest absolute Gasteiger partial charge is 0.412 e. The molecule has 1 aliphatic carbocycles. The molecule has 0 radical (unpaired) electrons. The molecule has 4 rings (SSSR count). The van der Waals surface area contributed by atoms with Gasteiger partial charge in [0.15, 0.2) is 5.82 Å². The number of carbonyl (C=O) groups excluding carboxylic acids is 2. The van der Waals surface area contributed by atoms with E-state index in [9.17, 15) is 19.5 Å². The summed E-state index contributed by atoms with van der Waals surface area (Å²) < 4.78 is 6.77. The van der Waals surface area contributed by atoms with E-state index in [2.05, 4.69) is 34.4 Å². The lowest BCUT2D eigenvalue weighted by molar-refractivity contribution is -0.139. The van der Waals surface area contributed by atoms with Gasteiger partial charge in [-0.1, -0.05) is 54.6 Å². The minimum absolute atomic E-state index is 0.0817. The average Bonchev–Trinajstić information content (AvgIpc) is 3.37. The van der Waals surface area contributed by atoms with E-state index in [0.29, 0.717) is 6.42 Å². The third kappa shape index (κ3) is 5.08. The van der Waals surface area contributed by atoms with Gasteiger partial charge in [-0.05, 0) is 35.1 Å². The minimum Gasteiger partial charge on any atom is -0.480 e. The van der Waals surface area contributed by atoms with E-state index >= 15 is 0 Å². The van der Waals surface area contributed by atoms with Crippen molar-refractivity contribution in [3.63, 3.8) is 0 Å². The zero-order valence-corrected chi connectivity index (χ0v) is 19.2. The lowest BCUT2D eigenvalue weighted by Crippen LogP contribution is -2.41. The van der Waals surface area contributed by atoms with Crippen LogP contribution in [0.1, 0.15) is 40.4 Å². The first-order valence-corrected chi connectivity index (χ1v) is 11.2. The lowest BCUT2D eigenvalue weighted by atomic mass is 9.98. The average molecular weight is 475 g/mol. The van der Waals surface area contributed by atoms with Crippen LogP contribution in [0, 0.1) is 0 Å². The molecular weight excluding hydrogens is 448 g/mol. The fourth-order valence-electron chi connectivity index (χ4n) is 4.25. The second kappa shape index (κ2) is 10.3. The Morgan fingerprint density at radius 2 is 1.77 bits per heavy atom. The highest BCUT2D eigenvalue weighted by Crippen LogP contribution is 2.44. The first kappa shape index (κ1) is 23.7. The highest BCUT2D eigenvalue weighted by Gasteiger charge is 2.29. The van der Waals surface area contributed by atoms with Crippen molar-refractivity contribution in [2.45, 2.75) is 24.8 Å². The number of carbonyl (C=O) groups is 3. The van der Waals surface area contributed by atoms with Gasteiger partial charge in [0.2, 0.25) is 0 Å². The third-order valence-electron chi connectivity index (χ3n) is 5.95. The maximum absolute atomic E-state index is 12.6. The van der Waals surface area contributed by atoms with Crippen LogP contribution in [0.25, 0.3) is 11.1 Å². The van der Waals surface area contributed by atoms with Gasteiger partial charge in [-0.2, -0.15) is 5.10 Å². The van der Waals surface area contributed by atoms with Crippen LogP contribution in [0.15, 0.2) is 67.3 Å². The number of hydrogen-bond acceptors (Lipinski definition) is 5. The van der Waals surface area contributed by atoms with Crippen molar-refractivity contribution >= 4 is 23.8 Å². The van der Waals surface area contributed by atoms with Crippen molar-refractivity contribution in [1.82, 2.24) is 15.1 Å². The second-order valence-electron chi connectivity index (χ2n) is 8.22. The molecule has 3 N–H and O–H groups in total. The van der Waals surface area contributed by atoms with Crippen LogP contribution in [-0.4, -0.2) is 45.5 Å². The van der Waals surface area contributed by atoms with Gasteiger partial charge in [-0.3, -0.25) is 14.8 Å². The molecule has 0 fully saturated rings. The molecule has 2 amide bonds. The number of nitrogens with zero attached hydrogens (tertiary/aromatic N) is 2. The summed E-state index contributed by atoms with van der Waals surface area (Å²) in [7, 11) is 1.53. The van der Waals surface area contributed by atoms with E-state index in [1.165, 1.54) is 17.8 Å². The van der Waals surface area contributed by atoms with Gasteiger partial charge in [0.05, 0.1) is 0 Å². The number of carboxylic acids is 1. The predicted octanol–water partition coefficient (Wildman–Crippen LogP) is 3.93. The van der Waals surface area contributed by atoms with Gasteiger partial charge in [0, 0.05) is 19.0 Å². The van der Waals surface area contributed by atoms with E-state index in [4.69, 9.17) is 4.74 Å². The number of allylic oxidation sites excluding steroid dienone is 1.